The Kier molecular flexibility index (Phi) is 7.99. The maximum atomic E-state index is 11.4. The molecule has 3 nitrogen and oxygen atoms in total. The Hall–Kier alpha value is -3.43. The van der Waals surface area contributed by atoms with Crippen LogP contribution in [0.3, 0.4) is 0 Å². The monoisotopic (exact) mass is 465 g/mol. The first kappa shape index (κ1) is 24.7. The van der Waals surface area contributed by atoms with E-state index in [9.17, 15) is 9.90 Å². The molecule has 0 radical (unpaired) electrons. The van der Waals surface area contributed by atoms with Crippen molar-refractivity contribution in [1.82, 2.24) is 4.90 Å². The molecule has 0 bridgehead atoms. The minimum atomic E-state index is -0.870. The summed E-state index contributed by atoms with van der Waals surface area (Å²) >= 11 is 0. The lowest BCUT2D eigenvalue weighted by Crippen LogP contribution is -2.31. The summed E-state index contributed by atoms with van der Waals surface area (Å²) in [6, 6.07) is 29.4. The third-order valence-electron chi connectivity index (χ3n) is 7.03. The summed E-state index contributed by atoms with van der Waals surface area (Å²) in [7, 11) is 0. The van der Waals surface area contributed by atoms with Gasteiger partial charge in [0.05, 0.1) is 5.41 Å². The molecule has 1 aliphatic rings. The van der Waals surface area contributed by atoms with Gasteiger partial charge < -0.3 is 10.0 Å². The van der Waals surface area contributed by atoms with Gasteiger partial charge in [-0.15, -0.1) is 0 Å². The van der Waals surface area contributed by atoms with Gasteiger partial charge in [0, 0.05) is 19.6 Å². The number of carboxylic acid groups (broad SMARTS) is 1. The Morgan fingerprint density at radius 2 is 1.40 bits per heavy atom. The molecular weight excluding hydrogens is 430 g/mol. The van der Waals surface area contributed by atoms with E-state index in [-0.39, 0.29) is 0 Å². The molecule has 0 unspecified atom stereocenters. The number of carboxylic acids is 1. The molecule has 3 heteroatoms. The van der Waals surface area contributed by atoms with Crippen LogP contribution < -0.4 is 0 Å². The summed E-state index contributed by atoms with van der Waals surface area (Å²) < 4.78 is 0. The lowest BCUT2D eigenvalue weighted by atomic mass is 9.84. The molecule has 35 heavy (non-hydrogen) atoms. The first-order valence-electron chi connectivity index (χ1n) is 12.5. The second-order valence-corrected chi connectivity index (χ2v) is 9.80. The second kappa shape index (κ2) is 11.3. The molecular formula is C32H35NO2. The van der Waals surface area contributed by atoms with E-state index in [1.165, 1.54) is 16.7 Å². The molecule has 0 atom stereocenters. The van der Waals surface area contributed by atoms with Crippen LogP contribution >= 0.6 is 0 Å². The largest absolute Gasteiger partial charge is 0.481 e. The van der Waals surface area contributed by atoms with Crippen molar-refractivity contribution in [3.63, 3.8) is 0 Å². The third kappa shape index (κ3) is 6.17. The second-order valence-electron chi connectivity index (χ2n) is 9.80. The van der Waals surface area contributed by atoms with Crippen LogP contribution in [0.25, 0.3) is 11.6 Å². The van der Waals surface area contributed by atoms with Crippen molar-refractivity contribution < 1.29 is 9.90 Å². The Morgan fingerprint density at radius 3 is 1.91 bits per heavy atom. The van der Waals surface area contributed by atoms with Gasteiger partial charge in [0.2, 0.25) is 0 Å². The van der Waals surface area contributed by atoms with Crippen molar-refractivity contribution in [3.8, 4) is 0 Å². The van der Waals surface area contributed by atoms with Gasteiger partial charge in [-0.3, -0.25) is 4.79 Å². The average molecular weight is 466 g/mol. The zero-order valence-electron chi connectivity index (χ0n) is 20.8. The smallest absolute Gasteiger partial charge is 0.313 e. The molecule has 0 amide bonds. The van der Waals surface area contributed by atoms with E-state index >= 15 is 0 Å². The summed E-state index contributed by atoms with van der Waals surface area (Å²) in [6.07, 6.45) is 7.57. The molecule has 4 rings (SSSR count). The molecule has 3 aromatic carbocycles. The highest BCUT2D eigenvalue weighted by Crippen LogP contribution is 2.32. The average Bonchev–Trinajstić information content (AvgIpc) is 2.89. The molecule has 0 aromatic heterocycles. The number of nitrogens with zero attached hydrogens (tertiary/aromatic N) is 1. The summed E-state index contributed by atoms with van der Waals surface area (Å²) in [5, 5.41) is 9.40. The van der Waals surface area contributed by atoms with Crippen molar-refractivity contribution >= 4 is 17.6 Å². The van der Waals surface area contributed by atoms with Crippen LogP contribution in [0.4, 0.5) is 0 Å². The van der Waals surface area contributed by atoms with Crippen molar-refractivity contribution in [2.75, 3.05) is 19.6 Å². The number of carbonyl (C=O) groups is 1. The highest BCUT2D eigenvalue weighted by atomic mass is 16.4. The van der Waals surface area contributed by atoms with Gasteiger partial charge in [-0.2, -0.15) is 0 Å². The molecule has 1 saturated heterocycles. The van der Waals surface area contributed by atoms with Crippen LogP contribution in [-0.2, 0) is 10.2 Å². The van der Waals surface area contributed by atoms with E-state index in [0.717, 1.165) is 50.0 Å². The maximum Gasteiger partial charge on any atom is 0.313 e. The predicted molar refractivity (Wildman–Crippen MR) is 145 cm³/mol. The van der Waals surface area contributed by atoms with Gasteiger partial charge in [-0.25, -0.2) is 0 Å². The fourth-order valence-corrected chi connectivity index (χ4v) is 4.69. The summed E-state index contributed by atoms with van der Waals surface area (Å²) in [6.45, 7) is 6.71. The van der Waals surface area contributed by atoms with Gasteiger partial charge in [-0.1, -0.05) is 103 Å². The number of rotatable bonds is 8. The van der Waals surface area contributed by atoms with Gasteiger partial charge >= 0.3 is 5.97 Å². The number of piperidine rings is 1. The fraction of sp³-hybridized carbons (Fsp3) is 0.281. The summed E-state index contributed by atoms with van der Waals surface area (Å²) in [5.74, 6) is -0.806. The molecule has 1 fully saturated rings. The molecule has 1 N–H and O–H groups in total. The van der Waals surface area contributed by atoms with E-state index in [1.807, 2.05) is 24.3 Å². The van der Waals surface area contributed by atoms with Crippen LogP contribution in [-0.4, -0.2) is 35.6 Å². The van der Waals surface area contributed by atoms with Crippen LogP contribution in [0.1, 0.15) is 55.4 Å². The summed E-state index contributed by atoms with van der Waals surface area (Å²) in [4.78, 5) is 14.0. The minimum absolute atomic E-state index is 0.806. The van der Waals surface area contributed by atoms with E-state index in [4.69, 9.17) is 0 Å². The highest BCUT2D eigenvalue weighted by molar-refractivity contribution is 5.82. The molecule has 180 valence electrons. The quantitative estimate of drug-likeness (QED) is 0.387. The van der Waals surface area contributed by atoms with E-state index in [0.29, 0.717) is 0 Å². The zero-order valence-corrected chi connectivity index (χ0v) is 20.8. The highest BCUT2D eigenvalue weighted by Gasteiger charge is 2.29. The topological polar surface area (TPSA) is 40.5 Å². The van der Waals surface area contributed by atoms with E-state index in [1.54, 1.807) is 19.4 Å². The number of likely N-dealkylation sites (tertiary alicyclic amines) is 1. The minimum Gasteiger partial charge on any atom is -0.481 e. The van der Waals surface area contributed by atoms with Crippen LogP contribution in [0.2, 0.25) is 0 Å². The Bertz CT molecular complexity index is 1120. The molecule has 0 spiro atoms. The molecule has 3 aromatic rings. The van der Waals surface area contributed by atoms with Gasteiger partial charge in [0.15, 0.2) is 0 Å². The first-order chi connectivity index (χ1) is 16.9. The van der Waals surface area contributed by atoms with Gasteiger partial charge in [-0.05, 0) is 60.9 Å². The lowest BCUT2D eigenvalue weighted by Gasteiger charge is -2.30. The molecule has 0 aliphatic carbocycles. The fourth-order valence-electron chi connectivity index (χ4n) is 4.69. The third-order valence-corrected chi connectivity index (χ3v) is 7.03. The molecule has 0 saturated carbocycles. The SMILES string of the molecule is CC(C)(C(=O)O)c1ccc(C=CCCN2CCC(=C(c3ccccc3)c3ccccc3)CC2)cc1. The molecule has 1 heterocycles. The van der Waals surface area contributed by atoms with Crippen molar-refractivity contribution in [2.24, 2.45) is 0 Å². The summed E-state index contributed by atoms with van der Waals surface area (Å²) in [5.41, 5.74) is 6.63. The Morgan fingerprint density at radius 1 is 0.857 bits per heavy atom. The van der Waals surface area contributed by atoms with Crippen molar-refractivity contribution in [1.29, 1.82) is 0 Å². The van der Waals surface area contributed by atoms with Crippen molar-refractivity contribution in [3.05, 3.63) is 119 Å². The Labute approximate surface area is 209 Å². The number of benzene rings is 3. The first-order valence-corrected chi connectivity index (χ1v) is 12.5. The van der Waals surface area contributed by atoms with Crippen LogP contribution in [0.15, 0.2) is 96.6 Å². The van der Waals surface area contributed by atoms with Crippen LogP contribution in [0, 0.1) is 0 Å². The maximum absolute atomic E-state index is 11.4. The van der Waals surface area contributed by atoms with E-state index in [2.05, 4.69) is 77.7 Å². The number of hydrogen-bond donors (Lipinski definition) is 1. The van der Waals surface area contributed by atoms with Gasteiger partial charge in [0.1, 0.15) is 0 Å². The predicted octanol–water partition coefficient (Wildman–Crippen LogP) is 7.05. The number of hydrogen-bond acceptors (Lipinski definition) is 2. The standard InChI is InChI=1S/C32H35NO2/c1-32(2,31(34)35)29-18-16-25(17-19-29)11-9-10-22-33-23-20-28(21-24-33)30(26-12-5-3-6-13-26)27-14-7-4-8-15-27/h3-9,11-19H,10,20-24H2,1-2H3,(H,34,35). The normalized spacial score (nSPS) is 14.9. The lowest BCUT2D eigenvalue weighted by molar-refractivity contribution is -0.142. The van der Waals surface area contributed by atoms with E-state index < -0.39 is 11.4 Å². The molecule has 1 aliphatic heterocycles. The van der Waals surface area contributed by atoms with Crippen molar-refractivity contribution in [2.45, 2.75) is 38.5 Å². The van der Waals surface area contributed by atoms with Gasteiger partial charge in [0.25, 0.3) is 0 Å². The van der Waals surface area contributed by atoms with Crippen LogP contribution in [0.5, 0.6) is 0 Å². The Balaban J connectivity index is 1.34. The zero-order chi connectivity index (χ0) is 24.7. The number of aliphatic carboxylic acids is 1.